The van der Waals surface area contributed by atoms with Crippen molar-refractivity contribution in [3.05, 3.63) is 42.0 Å². The van der Waals surface area contributed by atoms with Gasteiger partial charge < -0.3 is 15.2 Å². The molecule has 1 atom stereocenters. The molecule has 1 unspecified atom stereocenters. The van der Waals surface area contributed by atoms with Crippen LogP contribution in [-0.2, 0) is 11.3 Å². The number of hydrogen-bond donors (Lipinski definition) is 1. The maximum atomic E-state index is 5.99. The average Bonchev–Trinajstić information content (AvgIpc) is 2.45. The molecule has 0 bridgehead atoms. The van der Waals surface area contributed by atoms with E-state index in [9.17, 15) is 0 Å². The van der Waals surface area contributed by atoms with Crippen molar-refractivity contribution in [2.75, 3.05) is 13.7 Å². The summed E-state index contributed by atoms with van der Waals surface area (Å²) < 4.78 is 11.1. The van der Waals surface area contributed by atoms with Crippen LogP contribution in [0.15, 0.2) is 36.4 Å². The Kier molecular flexibility index (Phi) is 4.77. The van der Waals surface area contributed by atoms with Crippen molar-refractivity contribution >= 4 is 10.8 Å². The third kappa shape index (κ3) is 3.25. The minimum atomic E-state index is 0.117. The zero-order valence-corrected chi connectivity index (χ0v) is 11.6. The van der Waals surface area contributed by atoms with E-state index in [0.29, 0.717) is 13.2 Å². The second-order valence-electron chi connectivity index (χ2n) is 4.68. The first-order valence-corrected chi connectivity index (χ1v) is 6.62. The van der Waals surface area contributed by atoms with E-state index < -0.39 is 0 Å². The third-order valence-electron chi connectivity index (χ3n) is 3.26. The fourth-order valence-corrected chi connectivity index (χ4v) is 2.20. The Morgan fingerprint density at radius 2 is 1.95 bits per heavy atom. The molecule has 2 aromatic carbocycles. The predicted octanol–water partition coefficient (Wildman–Crippen LogP) is 3.10. The highest BCUT2D eigenvalue weighted by molar-refractivity contribution is 5.87. The molecule has 0 aliphatic carbocycles. The van der Waals surface area contributed by atoms with Crippen molar-refractivity contribution in [2.24, 2.45) is 5.73 Å². The van der Waals surface area contributed by atoms with Gasteiger partial charge in [0.05, 0.1) is 6.10 Å². The van der Waals surface area contributed by atoms with Crippen LogP contribution in [0.5, 0.6) is 5.75 Å². The van der Waals surface area contributed by atoms with Crippen LogP contribution in [-0.4, -0.2) is 19.8 Å². The van der Waals surface area contributed by atoms with E-state index in [1.807, 2.05) is 18.2 Å². The Bertz CT molecular complexity index is 539. The van der Waals surface area contributed by atoms with Gasteiger partial charge in [0.25, 0.3) is 0 Å². The van der Waals surface area contributed by atoms with E-state index in [4.69, 9.17) is 15.2 Å². The molecule has 0 amide bonds. The average molecular weight is 259 g/mol. The highest BCUT2D eigenvalue weighted by Crippen LogP contribution is 2.28. The minimum Gasteiger partial charge on any atom is -0.490 e. The smallest absolute Gasteiger partial charge is 0.124 e. The maximum Gasteiger partial charge on any atom is 0.124 e. The molecule has 19 heavy (non-hydrogen) atoms. The number of methoxy groups -OCH3 is 1. The molecule has 0 radical (unpaired) electrons. The Labute approximate surface area is 114 Å². The second kappa shape index (κ2) is 6.55. The molecule has 2 rings (SSSR count). The fraction of sp³-hybridized carbons (Fsp3) is 0.375. The molecule has 2 N–H and O–H groups in total. The van der Waals surface area contributed by atoms with Gasteiger partial charge in [-0.1, -0.05) is 30.3 Å². The van der Waals surface area contributed by atoms with Crippen LogP contribution in [0.2, 0.25) is 0 Å². The van der Waals surface area contributed by atoms with Crippen LogP contribution >= 0.6 is 0 Å². The van der Waals surface area contributed by atoms with E-state index in [1.54, 1.807) is 7.11 Å². The first-order chi connectivity index (χ1) is 9.26. The van der Waals surface area contributed by atoms with Crippen LogP contribution in [0.3, 0.4) is 0 Å². The van der Waals surface area contributed by atoms with Gasteiger partial charge in [0.1, 0.15) is 5.75 Å². The number of benzene rings is 2. The normalized spacial score (nSPS) is 12.6. The zero-order valence-electron chi connectivity index (χ0n) is 11.6. The van der Waals surface area contributed by atoms with Gasteiger partial charge >= 0.3 is 0 Å². The molecule has 0 heterocycles. The van der Waals surface area contributed by atoms with E-state index >= 15 is 0 Å². The summed E-state index contributed by atoms with van der Waals surface area (Å²) >= 11 is 0. The van der Waals surface area contributed by atoms with Crippen molar-refractivity contribution in [1.29, 1.82) is 0 Å². The van der Waals surface area contributed by atoms with Crippen molar-refractivity contribution in [2.45, 2.75) is 26.0 Å². The van der Waals surface area contributed by atoms with Crippen LogP contribution < -0.4 is 10.5 Å². The Morgan fingerprint density at radius 1 is 1.16 bits per heavy atom. The molecule has 0 saturated heterocycles. The zero-order chi connectivity index (χ0) is 13.7. The van der Waals surface area contributed by atoms with Gasteiger partial charge in [-0.15, -0.1) is 0 Å². The lowest BCUT2D eigenvalue weighted by Crippen LogP contribution is -2.16. The standard InChI is InChI=1S/C16H21NO2/c1-12(9-10-18-2)19-16-8-7-13-5-3-4-6-14(13)15(16)11-17/h3-8,12H,9-11,17H2,1-2H3. The Balaban J connectivity index is 2.27. The Morgan fingerprint density at radius 3 is 2.68 bits per heavy atom. The van der Waals surface area contributed by atoms with Gasteiger partial charge in [-0.2, -0.15) is 0 Å². The maximum absolute atomic E-state index is 5.99. The van der Waals surface area contributed by atoms with E-state index in [-0.39, 0.29) is 6.10 Å². The molecule has 102 valence electrons. The van der Waals surface area contributed by atoms with Crippen molar-refractivity contribution in [3.63, 3.8) is 0 Å². The first-order valence-electron chi connectivity index (χ1n) is 6.62. The Hall–Kier alpha value is -1.58. The number of ether oxygens (including phenoxy) is 2. The number of rotatable bonds is 6. The molecule has 0 saturated carbocycles. The lowest BCUT2D eigenvalue weighted by atomic mass is 10.0. The fourth-order valence-electron chi connectivity index (χ4n) is 2.20. The number of nitrogens with two attached hydrogens (primary N) is 1. The quantitative estimate of drug-likeness (QED) is 0.867. The van der Waals surface area contributed by atoms with E-state index in [0.717, 1.165) is 17.7 Å². The monoisotopic (exact) mass is 259 g/mol. The van der Waals surface area contributed by atoms with Crippen molar-refractivity contribution in [3.8, 4) is 5.75 Å². The van der Waals surface area contributed by atoms with Crippen LogP contribution in [0.4, 0.5) is 0 Å². The second-order valence-corrected chi connectivity index (χ2v) is 4.68. The van der Waals surface area contributed by atoms with Gasteiger partial charge in [0.15, 0.2) is 0 Å². The molecule has 0 aliphatic rings. The molecule has 3 heteroatoms. The summed E-state index contributed by atoms with van der Waals surface area (Å²) in [4.78, 5) is 0. The lowest BCUT2D eigenvalue weighted by Gasteiger charge is -2.18. The number of hydrogen-bond acceptors (Lipinski definition) is 3. The molecule has 0 aromatic heterocycles. The number of fused-ring (bicyclic) bond motifs is 1. The molecule has 0 spiro atoms. The van der Waals surface area contributed by atoms with Gasteiger partial charge in [-0.25, -0.2) is 0 Å². The van der Waals surface area contributed by atoms with Crippen LogP contribution in [0.25, 0.3) is 10.8 Å². The van der Waals surface area contributed by atoms with Crippen LogP contribution in [0.1, 0.15) is 18.9 Å². The van der Waals surface area contributed by atoms with Crippen molar-refractivity contribution < 1.29 is 9.47 Å². The molecule has 0 aliphatic heterocycles. The van der Waals surface area contributed by atoms with E-state index in [2.05, 4.69) is 25.1 Å². The van der Waals surface area contributed by atoms with Crippen LogP contribution in [0, 0.1) is 0 Å². The third-order valence-corrected chi connectivity index (χ3v) is 3.26. The summed E-state index contributed by atoms with van der Waals surface area (Å²) in [6.45, 7) is 3.23. The van der Waals surface area contributed by atoms with Gasteiger partial charge in [-0.05, 0) is 23.8 Å². The highest BCUT2D eigenvalue weighted by Gasteiger charge is 2.10. The summed E-state index contributed by atoms with van der Waals surface area (Å²) in [5, 5.41) is 2.36. The predicted molar refractivity (Wildman–Crippen MR) is 78.4 cm³/mol. The van der Waals surface area contributed by atoms with Gasteiger partial charge in [-0.3, -0.25) is 0 Å². The SMILES string of the molecule is COCCC(C)Oc1ccc2ccccc2c1CN. The van der Waals surface area contributed by atoms with Gasteiger partial charge in [0.2, 0.25) is 0 Å². The molecular weight excluding hydrogens is 238 g/mol. The summed E-state index contributed by atoms with van der Waals surface area (Å²) in [6, 6.07) is 12.3. The summed E-state index contributed by atoms with van der Waals surface area (Å²) in [7, 11) is 1.70. The lowest BCUT2D eigenvalue weighted by molar-refractivity contribution is 0.134. The summed E-state index contributed by atoms with van der Waals surface area (Å²) in [5.41, 5.74) is 6.96. The molecule has 3 nitrogen and oxygen atoms in total. The van der Waals surface area contributed by atoms with Crippen molar-refractivity contribution in [1.82, 2.24) is 0 Å². The molecule has 0 fully saturated rings. The summed E-state index contributed by atoms with van der Waals surface area (Å²) in [5.74, 6) is 0.879. The highest BCUT2D eigenvalue weighted by atomic mass is 16.5. The first kappa shape index (κ1) is 13.8. The largest absolute Gasteiger partial charge is 0.490 e. The minimum absolute atomic E-state index is 0.117. The summed E-state index contributed by atoms with van der Waals surface area (Å²) in [6.07, 6.45) is 0.985. The molecule has 2 aromatic rings. The molecular formula is C16H21NO2. The van der Waals surface area contributed by atoms with E-state index in [1.165, 1.54) is 10.8 Å². The van der Waals surface area contributed by atoms with Gasteiger partial charge in [0, 0.05) is 32.2 Å². The topological polar surface area (TPSA) is 44.5 Å².